The monoisotopic (exact) mass is 304 g/mol. The smallest absolute Gasteiger partial charge is 0.229 e. The average molecular weight is 305 g/mol. The third-order valence-electron chi connectivity index (χ3n) is 3.40. The number of halogens is 1. The minimum atomic E-state index is 0.568. The van der Waals surface area contributed by atoms with E-state index >= 15 is 0 Å². The number of hydrogen-bond donors (Lipinski definition) is 1. The standard InChI is InChI=1S/C15H17ClN4O/c1-11-2-3-12(10-13(11)16)18-15-17-5-4-14(19-15)20-6-8-21-9-7-20/h2-5,10H,6-9H2,1H3,(H,17,18,19). The minimum Gasteiger partial charge on any atom is -0.378 e. The minimum absolute atomic E-state index is 0.568. The average Bonchev–Trinajstić information content (AvgIpc) is 2.52. The fourth-order valence-electron chi connectivity index (χ4n) is 2.18. The topological polar surface area (TPSA) is 50.3 Å². The fraction of sp³-hybridized carbons (Fsp3) is 0.333. The van der Waals surface area contributed by atoms with Gasteiger partial charge in [0.25, 0.3) is 0 Å². The van der Waals surface area contributed by atoms with Crippen LogP contribution in [0.1, 0.15) is 5.56 Å². The number of rotatable bonds is 3. The Morgan fingerprint density at radius 2 is 2.05 bits per heavy atom. The van der Waals surface area contributed by atoms with E-state index in [2.05, 4.69) is 20.2 Å². The van der Waals surface area contributed by atoms with E-state index in [1.807, 2.05) is 31.2 Å². The van der Waals surface area contributed by atoms with Gasteiger partial charge in [0, 0.05) is 30.0 Å². The molecule has 1 aliphatic heterocycles. The van der Waals surface area contributed by atoms with Crippen LogP contribution in [0.25, 0.3) is 0 Å². The van der Waals surface area contributed by atoms with Gasteiger partial charge in [-0.15, -0.1) is 0 Å². The number of ether oxygens (including phenoxy) is 1. The Morgan fingerprint density at radius 3 is 2.81 bits per heavy atom. The van der Waals surface area contributed by atoms with Crippen molar-refractivity contribution in [3.63, 3.8) is 0 Å². The zero-order chi connectivity index (χ0) is 14.7. The van der Waals surface area contributed by atoms with Gasteiger partial charge < -0.3 is 15.0 Å². The van der Waals surface area contributed by atoms with Gasteiger partial charge in [-0.25, -0.2) is 4.98 Å². The first-order valence-corrected chi connectivity index (χ1v) is 7.29. The highest BCUT2D eigenvalue weighted by molar-refractivity contribution is 6.31. The molecule has 1 N–H and O–H groups in total. The predicted molar refractivity (Wildman–Crippen MR) is 84.5 cm³/mol. The molecule has 1 aromatic carbocycles. The van der Waals surface area contributed by atoms with E-state index in [1.165, 1.54) is 0 Å². The van der Waals surface area contributed by atoms with Gasteiger partial charge in [0.2, 0.25) is 5.95 Å². The fourth-order valence-corrected chi connectivity index (χ4v) is 2.36. The summed E-state index contributed by atoms with van der Waals surface area (Å²) in [5.74, 6) is 1.48. The molecule has 0 saturated carbocycles. The number of morpholine rings is 1. The van der Waals surface area contributed by atoms with E-state index in [-0.39, 0.29) is 0 Å². The molecular formula is C15H17ClN4O. The first kappa shape index (κ1) is 14.1. The Bertz CT molecular complexity index is 629. The van der Waals surface area contributed by atoms with Crippen LogP contribution in [0.2, 0.25) is 5.02 Å². The van der Waals surface area contributed by atoms with Crippen molar-refractivity contribution in [1.82, 2.24) is 9.97 Å². The zero-order valence-corrected chi connectivity index (χ0v) is 12.6. The molecule has 0 bridgehead atoms. The van der Waals surface area contributed by atoms with E-state index in [1.54, 1.807) is 6.20 Å². The second-order valence-corrected chi connectivity index (χ2v) is 5.33. The Labute approximate surface area is 128 Å². The molecule has 2 heterocycles. The molecule has 21 heavy (non-hydrogen) atoms. The van der Waals surface area contributed by atoms with E-state index in [9.17, 15) is 0 Å². The Kier molecular flexibility index (Phi) is 4.22. The normalized spacial score (nSPS) is 15.0. The maximum Gasteiger partial charge on any atom is 0.229 e. The predicted octanol–water partition coefficient (Wildman–Crippen LogP) is 3.02. The van der Waals surface area contributed by atoms with Crippen LogP contribution < -0.4 is 10.2 Å². The van der Waals surface area contributed by atoms with Gasteiger partial charge in [0.15, 0.2) is 0 Å². The van der Waals surface area contributed by atoms with Gasteiger partial charge in [-0.05, 0) is 30.7 Å². The van der Waals surface area contributed by atoms with Crippen LogP contribution in [-0.4, -0.2) is 36.3 Å². The van der Waals surface area contributed by atoms with Crippen molar-refractivity contribution in [2.24, 2.45) is 0 Å². The second-order valence-electron chi connectivity index (χ2n) is 4.93. The summed E-state index contributed by atoms with van der Waals surface area (Å²) < 4.78 is 5.36. The number of aryl methyl sites for hydroxylation is 1. The number of benzene rings is 1. The van der Waals surface area contributed by atoms with E-state index in [4.69, 9.17) is 16.3 Å². The molecule has 110 valence electrons. The van der Waals surface area contributed by atoms with Gasteiger partial charge in [-0.1, -0.05) is 17.7 Å². The summed E-state index contributed by atoms with van der Waals surface area (Å²) >= 11 is 6.13. The van der Waals surface area contributed by atoms with Crippen molar-refractivity contribution in [1.29, 1.82) is 0 Å². The number of nitrogens with one attached hydrogen (secondary N) is 1. The summed E-state index contributed by atoms with van der Waals surface area (Å²) in [6, 6.07) is 7.72. The molecule has 0 radical (unpaired) electrons. The number of hydrogen-bond acceptors (Lipinski definition) is 5. The molecule has 2 aromatic rings. The van der Waals surface area contributed by atoms with Crippen molar-refractivity contribution in [2.45, 2.75) is 6.92 Å². The Hall–Kier alpha value is -1.85. The third kappa shape index (κ3) is 3.43. The van der Waals surface area contributed by atoms with Gasteiger partial charge in [-0.3, -0.25) is 0 Å². The Morgan fingerprint density at radius 1 is 1.24 bits per heavy atom. The lowest BCUT2D eigenvalue weighted by Crippen LogP contribution is -2.36. The molecule has 0 aliphatic carbocycles. The number of aromatic nitrogens is 2. The van der Waals surface area contributed by atoms with Gasteiger partial charge >= 0.3 is 0 Å². The maximum absolute atomic E-state index is 6.13. The first-order valence-electron chi connectivity index (χ1n) is 6.91. The summed E-state index contributed by atoms with van der Waals surface area (Å²) in [4.78, 5) is 11.0. The molecule has 1 saturated heterocycles. The first-order chi connectivity index (χ1) is 10.2. The van der Waals surface area contributed by atoms with Gasteiger partial charge in [0.1, 0.15) is 5.82 Å². The largest absolute Gasteiger partial charge is 0.378 e. The third-order valence-corrected chi connectivity index (χ3v) is 3.81. The van der Waals surface area contributed by atoms with E-state index in [0.717, 1.165) is 48.4 Å². The Balaban J connectivity index is 1.77. The quantitative estimate of drug-likeness (QED) is 0.944. The summed E-state index contributed by atoms with van der Waals surface area (Å²) in [5.41, 5.74) is 1.93. The summed E-state index contributed by atoms with van der Waals surface area (Å²) in [6.07, 6.45) is 1.76. The molecular weight excluding hydrogens is 288 g/mol. The van der Waals surface area contributed by atoms with Gasteiger partial charge in [0.05, 0.1) is 13.2 Å². The lowest BCUT2D eigenvalue weighted by atomic mass is 10.2. The molecule has 0 atom stereocenters. The molecule has 6 heteroatoms. The molecule has 0 amide bonds. The molecule has 5 nitrogen and oxygen atoms in total. The second kappa shape index (κ2) is 6.28. The van der Waals surface area contributed by atoms with Crippen molar-refractivity contribution in [3.05, 3.63) is 41.0 Å². The summed E-state index contributed by atoms with van der Waals surface area (Å²) in [7, 11) is 0. The van der Waals surface area contributed by atoms with Crippen LogP contribution >= 0.6 is 11.6 Å². The highest BCUT2D eigenvalue weighted by atomic mass is 35.5. The molecule has 1 aromatic heterocycles. The van der Waals surface area contributed by atoms with Crippen LogP contribution in [0.4, 0.5) is 17.5 Å². The molecule has 0 spiro atoms. The summed E-state index contributed by atoms with van der Waals surface area (Å²) in [6.45, 7) is 5.15. The van der Waals surface area contributed by atoms with E-state index < -0.39 is 0 Å². The van der Waals surface area contributed by atoms with Gasteiger partial charge in [-0.2, -0.15) is 4.98 Å². The molecule has 0 unspecified atom stereocenters. The van der Waals surface area contributed by atoms with Crippen molar-refractivity contribution in [2.75, 3.05) is 36.5 Å². The van der Waals surface area contributed by atoms with Crippen LogP contribution in [0.5, 0.6) is 0 Å². The van der Waals surface area contributed by atoms with Crippen LogP contribution in [0.3, 0.4) is 0 Å². The van der Waals surface area contributed by atoms with E-state index in [0.29, 0.717) is 5.95 Å². The lowest BCUT2D eigenvalue weighted by molar-refractivity contribution is 0.122. The number of nitrogens with zero attached hydrogens (tertiary/aromatic N) is 3. The highest BCUT2D eigenvalue weighted by Crippen LogP contribution is 2.22. The van der Waals surface area contributed by atoms with Crippen molar-refractivity contribution < 1.29 is 4.74 Å². The van der Waals surface area contributed by atoms with Crippen LogP contribution in [0, 0.1) is 6.92 Å². The SMILES string of the molecule is Cc1ccc(Nc2nccc(N3CCOCC3)n2)cc1Cl. The number of anilines is 3. The maximum atomic E-state index is 6.13. The summed E-state index contributed by atoms with van der Waals surface area (Å²) in [5, 5.41) is 3.91. The molecule has 1 aliphatic rings. The highest BCUT2D eigenvalue weighted by Gasteiger charge is 2.13. The van der Waals surface area contributed by atoms with Crippen LogP contribution in [-0.2, 0) is 4.74 Å². The van der Waals surface area contributed by atoms with Crippen LogP contribution in [0.15, 0.2) is 30.5 Å². The van der Waals surface area contributed by atoms with Crippen molar-refractivity contribution in [3.8, 4) is 0 Å². The lowest BCUT2D eigenvalue weighted by Gasteiger charge is -2.27. The molecule has 1 fully saturated rings. The molecule has 3 rings (SSSR count). The zero-order valence-electron chi connectivity index (χ0n) is 11.8. The van der Waals surface area contributed by atoms with Crippen molar-refractivity contribution >= 4 is 29.1 Å².